The lowest BCUT2D eigenvalue weighted by Gasteiger charge is -2.18. The standard InChI is InChI=1S/C23H26N4O3/c1-15(2)16-4-3-5-20(12-16)27-14-17(13-21(27)28)22(29)25-18-6-8-19(9-7-18)26-11-10-24-23(26)30/h3-9,12,15,17H,10-11,13-14H2,1-2H3,(H,24,30)(H,25,29)/t17-/m0/s1. The minimum atomic E-state index is -0.399. The van der Waals surface area contributed by atoms with E-state index >= 15 is 0 Å². The predicted octanol–water partition coefficient (Wildman–Crippen LogP) is 3.33. The van der Waals surface area contributed by atoms with Crippen LogP contribution >= 0.6 is 0 Å². The Kier molecular flexibility index (Phi) is 5.44. The van der Waals surface area contributed by atoms with E-state index in [4.69, 9.17) is 0 Å². The molecule has 0 aromatic heterocycles. The highest BCUT2D eigenvalue weighted by Gasteiger charge is 2.35. The van der Waals surface area contributed by atoms with E-state index in [0.717, 1.165) is 11.4 Å². The lowest BCUT2D eigenvalue weighted by atomic mass is 10.0. The van der Waals surface area contributed by atoms with Gasteiger partial charge in [-0.2, -0.15) is 0 Å². The third kappa shape index (κ3) is 4.01. The highest BCUT2D eigenvalue weighted by Crippen LogP contribution is 2.29. The summed E-state index contributed by atoms with van der Waals surface area (Å²) in [7, 11) is 0. The number of hydrogen-bond donors (Lipinski definition) is 2. The number of carbonyl (C=O) groups excluding carboxylic acids is 3. The van der Waals surface area contributed by atoms with Gasteiger partial charge in [-0.15, -0.1) is 0 Å². The zero-order valence-electron chi connectivity index (χ0n) is 17.2. The van der Waals surface area contributed by atoms with Crippen LogP contribution in [0.5, 0.6) is 0 Å². The molecule has 2 aliphatic rings. The number of nitrogens with one attached hydrogen (secondary N) is 2. The van der Waals surface area contributed by atoms with Gasteiger partial charge in [0.25, 0.3) is 0 Å². The Morgan fingerprint density at radius 1 is 1.07 bits per heavy atom. The predicted molar refractivity (Wildman–Crippen MR) is 117 cm³/mol. The van der Waals surface area contributed by atoms with Crippen molar-refractivity contribution in [2.75, 3.05) is 34.8 Å². The Morgan fingerprint density at radius 3 is 2.50 bits per heavy atom. The first-order chi connectivity index (χ1) is 14.4. The minimum absolute atomic E-state index is 0.0357. The molecule has 7 nitrogen and oxygen atoms in total. The summed E-state index contributed by atoms with van der Waals surface area (Å²) in [5.74, 6) is -0.232. The maximum atomic E-state index is 12.7. The Labute approximate surface area is 176 Å². The number of carbonyl (C=O) groups is 3. The second-order valence-electron chi connectivity index (χ2n) is 8.07. The fourth-order valence-electron chi connectivity index (χ4n) is 3.87. The number of nitrogens with zero attached hydrogens (tertiary/aromatic N) is 2. The van der Waals surface area contributed by atoms with Crippen molar-refractivity contribution in [1.29, 1.82) is 0 Å². The highest BCUT2D eigenvalue weighted by atomic mass is 16.2. The van der Waals surface area contributed by atoms with Gasteiger partial charge in [0.05, 0.1) is 5.92 Å². The van der Waals surface area contributed by atoms with Crippen LogP contribution in [0.4, 0.5) is 21.9 Å². The minimum Gasteiger partial charge on any atom is -0.336 e. The fourth-order valence-corrected chi connectivity index (χ4v) is 3.87. The molecule has 2 saturated heterocycles. The monoisotopic (exact) mass is 406 g/mol. The summed E-state index contributed by atoms with van der Waals surface area (Å²) in [4.78, 5) is 40.4. The average Bonchev–Trinajstić information content (AvgIpc) is 3.34. The zero-order chi connectivity index (χ0) is 21.3. The van der Waals surface area contributed by atoms with Gasteiger partial charge in [0.1, 0.15) is 0 Å². The largest absolute Gasteiger partial charge is 0.336 e. The van der Waals surface area contributed by atoms with Crippen LogP contribution in [0.1, 0.15) is 31.7 Å². The van der Waals surface area contributed by atoms with Gasteiger partial charge in [0.15, 0.2) is 0 Å². The van der Waals surface area contributed by atoms with Gasteiger partial charge in [-0.1, -0.05) is 26.0 Å². The number of benzene rings is 2. The Balaban J connectivity index is 1.40. The normalized spacial score (nSPS) is 18.8. The van der Waals surface area contributed by atoms with E-state index in [2.05, 4.69) is 24.5 Å². The maximum Gasteiger partial charge on any atom is 0.321 e. The first kappa shape index (κ1) is 19.9. The van der Waals surface area contributed by atoms with E-state index < -0.39 is 5.92 Å². The second kappa shape index (κ2) is 8.18. The zero-order valence-corrected chi connectivity index (χ0v) is 17.2. The third-order valence-electron chi connectivity index (χ3n) is 5.65. The molecule has 2 aromatic rings. The van der Waals surface area contributed by atoms with Gasteiger partial charge >= 0.3 is 6.03 Å². The van der Waals surface area contributed by atoms with Gasteiger partial charge in [0.2, 0.25) is 11.8 Å². The lowest BCUT2D eigenvalue weighted by molar-refractivity contribution is -0.122. The van der Waals surface area contributed by atoms with Crippen molar-refractivity contribution in [2.45, 2.75) is 26.2 Å². The molecular formula is C23H26N4O3. The Bertz CT molecular complexity index is 971. The number of amides is 4. The van der Waals surface area contributed by atoms with Crippen molar-refractivity contribution in [3.05, 3.63) is 54.1 Å². The van der Waals surface area contributed by atoms with Crippen LogP contribution in [-0.4, -0.2) is 37.5 Å². The van der Waals surface area contributed by atoms with Crippen molar-refractivity contribution in [3.8, 4) is 0 Å². The molecule has 4 amide bonds. The van der Waals surface area contributed by atoms with Crippen molar-refractivity contribution in [1.82, 2.24) is 5.32 Å². The van der Waals surface area contributed by atoms with E-state index in [1.54, 1.807) is 21.9 Å². The molecule has 0 radical (unpaired) electrons. The number of rotatable bonds is 5. The topological polar surface area (TPSA) is 81.8 Å². The SMILES string of the molecule is CC(C)c1cccc(N2C[C@@H](C(=O)Nc3ccc(N4CCNC4=O)cc3)CC2=O)c1. The highest BCUT2D eigenvalue weighted by molar-refractivity contribution is 6.03. The molecule has 30 heavy (non-hydrogen) atoms. The van der Waals surface area contributed by atoms with Crippen LogP contribution in [0.2, 0.25) is 0 Å². The second-order valence-corrected chi connectivity index (χ2v) is 8.07. The summed E-state index contributed by atoms with van der Waals surface area (Å²) in [5.41, 5.74) is 3.45. The molecule has 2 heterocycles. The third-order valence-corrected chi connectivity index (χ3v) is 5.65. The van der Waals surface area contributed by atoms with Crippen LogP contribution in [-0.2, 0) is 9.59 Å². The molecule has 0 bridgehead atoms. The molecule has 0 aliphatic carbocycles. The van der Waals surface area contributed by atoms with Gasteiger partial charge in [-0.25, -0.2) is 4.79 Å². The van der Waals surface area contributed by atoms with Gasteiger partial charge in [-0.05, 0) is 47.9 Å². The Morgan fingerprint density at radius 2 is 1.83 bits per heavy atom. The van der Waals surface area contributed by atoms with E-state index in [-0.39, 0.29) is 24.3 Å². The quantitative estimate of drug-likeness (QED) is 0.799. The summed E-state index contributed by atoms with van der Waals surface area (Å²) in [6.45, 7) is 5.86. The molecular weight excluding hydrogens is 380 g/mol. The summed E-state index contributed by atoms with van der Waals surface area (Å²) in [6.07, 6.45) is 0.198. The van der Waals surface area contributed by atoms with E-state index in [1.165, 1.54) is 5.56 Å². The number of urea groups is 1. The van der Waals surface area contributed by atoms with Gasteiger partial charge in [0, 0.05) is 43.1 Å². The van der Waals surface area contributed by atoms with E-state index in [0.29, 0.717) is 31.2 Å². The Hall–Kier alpha value is -3.35. The molecule has 156 valence electrons. The van der Waals surface area contributed by atoms with Crippen LogP contribution in [0.25, 0.3) is 0 Å². The molecule has 2 N–H and O–H groups in total. The smallest absolute Gasteiger partial charge is 0.321 e. The summed E-state index contributed by atoms with van der Waals surface area (Å²) in [6, 6.07) is 15.0. The number of anilines is 3. The van der Waals surface area contributed by atoms with Gasteiger partial charge < -0.3 is 15.5 Å². The summed E-state index contributed by atoms with van der Waals surface area (Å²) >= 11 is 0. The fraction of sp³-hybridized carbons (Fsp3) is 0.348. The molecule has 7 heteroatoms. The van der Waals surface area contributed by atoms with Crippen molar-refractivity contribution < 1.29 is 14.4 Å². The molecule has 1 atom stereocenters. The molecule has 4 rings (SSSR count). The summed E-state index contributed by atoms with van der Waals surface area (Å²) in [5, 5.41) is 5.66. The molecule has 2 fully saturated rings. The molecule has 2 aromatic carbocycles. The van der Waals surface area contributed by atoms with Gasteiger partial charge in [-0.3, -0.25) is 14.5 Å². The molecule has 0 unspecified atom stereocenters. The average molecular weight is 406 g/mol. The van der Waals surface area contributed by atoms with Crippen molar-refractivity contribution in [2.24, 2.45) is 5.92 Å². The molecule has 0 spiro atoms. The molecule has 0 saturated carbocycles. The van der Waals surface area contributed by atoms with Crippen LogP contribution in [0.15, 0.2) is 48.5 Å². The van der Waals surface area contributed by atoms with Crippen LogP contribution < -0.4 is 20.4 Å². The van der Waals surface area contributed by atoms with Crippen molar-refractivity contribution in [3.63, 3.8) is 0 Å². The van der Waals surface area contributed by atoms with Crippen LogP contribution in [0.3, 0.4) is 0 Å². The van der Waals surface area contributed by atoms with E-state index in [1.807, 2.05) is 36.4 Å². The summed E-state index contributed by atoms with van der Waals surface area (Å²) < 4.78 is 0. The molecule has 2 aliphatic heterocycles. The van der Waals surface area contributed by atoms with Crippen molar-refractivity contribution >= 4 is 34.9 Å². The number of hydrogen-bond acceptors (Lipinski definition) is 3. The first-order valence-corrected chi connectivity index (χ1v) is 10.3. The first-order valence-electron chi connectivity index (χ1n) is 10.3. The van der Waals surface area contributed by atoms with Crippen LogP contribution in [0, 0.1) is 5.92 Å². The van der Waals surface area contributed by atoms with E-state index in [9.17, 15) is 14.4 Å². The maximum absolute atomic E-state index is 12.7. The lowest BCUT2D eigenvalue weighted by Crippen LogP contribution is -2.28.